The van der Waals surface area contributed by atoms with Crippen molar-refractivity contribution in [1.29, 1.82) is 0 Å². The number of benzene rings is 1. The third kappa shape index (κ3) is 5.02. The quantitative estimate of drug-likeness (QED) is 0.503. The van der Waals surface area contributed by atoms with Crippen molar-refractivity contribution in [2.75, 3.05) is 6.54 Å². The molecule has 4 nitrogen and oxygen atoms in total. The van der Waals surface area contributed by atoms with Gasteiger partial charge in [0.2, 0.25) is 0 Å². The fraction of sp³-hybridized carbons (Fsp3) is 0.538. The van der Waals surface area contributed by atoms with Gasteiger partial charge in [0.25, 0.3) is 5.69 Å². The molecule has 1 N–H and O–H groups in total. The standard InChI is InChI=1S/C13H19ClN2O2/c1-13(2,3)6-7-15-9-10-8-11(14)4-5-12(10)16(17)18/h4-5,8,15H,6-7,9H2,1-3H3. The molecule has 0 saturated carbocycles. The normalized spacial score (nSPS) is 11.6. The van der Waals surface area contributed by atoms with E-state index < -0.39 is 0 Å². The average Bonchev–Trinajstić information content (AvgIpc) is 2.22. The summed E-state index contributed by atoms with van der Waals surface area (Å²) in [4.78, 5) is 10.5. The van der Waals surface area contributed by atoms with Crippen LogP contribution in [-0.2, 0) is 6.54 Å². The first kappa shape index (κ1) is 14.9. The van der Waals surface area contributed by atoms with Crippen molar-refractivity contribution < 1.29 is 4.92 Å². The van der Waals surface area contributed by atoms with Gasteiger partial charge < -0.3 is 5.32 Å². The van der Waals surface area contributed by atoms with Crippen LogP contribution in [-0.4, -0.2) is 11.5 Å². The summed E-state index contributed by atoms with van der Waals surface area (Å²) in [6, 6.07) is 4.63. The highest BCUT2D eigenvalue weighted by Crippen LogP contribution is 2.23. The highest BCUT2D eigenvalue weighted by Gasteiger charge is 2.14. The Bertz CT molecular complexity index is 427. The van der Waals surface area contributed by atoms with Crippen LogP contribution < -0.4 is 5.32 Å². The van der Waals surface area contributed by atoms with Crippen LogP contribution in [0.15, 0.2) is 18.2 Å². The Morgan fingerprint density at radius 1 is 1.39 bits per heavy atom. The zero-order valence-corrected chi connectivity index (χ0v) is 11.8. The summed E-state index contributed by atoms with van der Waals surface area (Å²) >= 11 is 5.86. The molecule has 0 fully saturated rings. The Labute approximate surface area is 112 Å². The minimum Gasteiger partial charge on any atom is -0.312 e. The Morgan fingerprint density at radius 2 is 2.06 bits per heavy atom. The molecule has 5 heteroatoms. The Hall–Kier alpha value is -1.13. The van der Waals surface area contributed by atoms with E-state index in [1.807, 2.05) is 0 Å². The third-order valence-corrected chi connectivity index (χ3v) is 2.84. The number of nitro benzene ring substituents is 1. The summed E-state index contributed by atoms with van der Waals surface area (Å²) in [5.41, 5.74) is 0.997. The number of nitro groups is 1. The first-order chi connectivity index (χ1) is 8.29. The summed E-state index contributed by atoms with van der Waals surface area (Å²) < 4.78 is 0. The summed E-state index contributed by atoms with van der Waals surface area (Å²) in [6.45, 7) is 7.78. The van der Waals surface area contributed by atoms with Crippen molar-refractivity contribution in [2.24, 2.45) is 5.41 Å². The van der Waals surface area contributed by atoms with Gasteiger partial charge in [-0.3, -0.25) is 10.1 Å². The molecule has 0 bridgehead atoms. The van der Waals surface area contributed by atoms with Crippen LogP contribution in [0.4, 0.5) is 5.69 Å². The molecule has 1 aromatic carbocycles. The number of halogens is 1. The zero-order chi connectivity index (χ0) is 13.8. The second-order valence-electron chi connectivity index (χ2n) is 5.52. The molecule has 0 aliphatic rings. The number of hydrogen-bond donors (Lipinski definition) is 1. The van der Waals surface area contributed by atoms with Gasteiger partial charge in [-0.1, -0.05) is 32.4 Å². The van der Waals surface area contributed by atoms with E-state index in [1.54, 1.807) is 12.1 Å². The van der Waals surface area contributed by atoms with Crippen molar-refractivity contribution >= 4 is 17.3 Å². The maximum absolute atomic E-state index is 10.9. The molecule has 0 radical (unpaired) electrons. The van der Waals surface area contributed by atoms with Crippen molar-refractivity contribution in [3.8, 4) is 0 Å². The molecular weight excluding hydrogens is 252 g/mol. The van der Waals surface area contributed by atoms with Crippen LogP contribution in [0, 0.1) is 15.5 Å². The number of rotatable bonds is 5. The summed E-state index contributed by atoms with van der Waals surface area (Å²) in [6.07, 6.45) is 1.02. The van der Waals surface area contributed by atoms with E-state index in [-0.39, 0.29) is 16.0 Å². The van der Waals surface area contributed by atoms with Crippen LogP contribution >= 0.6 is 11.6 Å². The molecule has 0 atom stereocenters. The van der Waals surface area contributed by atoms with Crippen LogP contribution in [0.2, 0.25) is 5.02 Å². The fourth-order valence-corrected chi connectivity index (χ4v) is 1.75. The highest BCUT2D eigenvalue weighted by molar-refractivity contribution is 6.30. The molecule has 0 amide bonds. The van der Waals surface area contributed by atoms with Gasteiger partial charge in [0.05, 0.1) is 4.92 Å². The van der Waals surface area contributed by atoms with Gasteiger partial charge in [-0.15, -0.1) is 0 Å². The van der Waals surface area contributed by atoms with Crippen molar-refractivity contribution in [3.63, 3.8) is 0 Å². The summed E-state index contributed by atoms with van der Waals surface area (Å²) in [7, 11) is 0. The van der Waals surface area contributed by atoms with Crippen LogP contribution in [0.1, 0.15) is 32.8 Å². The molecular formula is C13H19ClN2O2. The predicted molar refractivity (Wildman–Crippen MR) is 73.9 cm³/mol. The maximum Gasteiger partial charge on any atom is 0.273 e. The van der Waals surface area contributed by atoms with Gasteiger partial charge in [0.1, 0.15) is 0 Å². The maximum atomic E-state index is 10.9. The van der Waals surface area contributed by atoms with E-state index in [4.69, 9.17) is 11.6 Å². The van der Waals surface area contributed by atoms with E-state index in [9.17, 15) is 10.1 Å². The lowest BCUT2D eigenvalue weighted by Gasteiger charge is -2.18. The van der Waals surface area contributed by atoms with Gasteiger partial charge in [-0.2, -0.15) is 0 Å². The van der Waals surface area contributed by atoms with Gasteiger partial charge in [-0.05, 0) is 30.5 Å². The van der Waals surface area contributed by atoms with Gasteiger partial charge >= 0.3 is 0 Å². The molecule has 1 rings (SSSR count). The summed E-state index contributed by atoms with van der Waals surface area (Å²) in [5, 5.41) is 14.6. The van der Waals surface area contributed by atoms with Crippen molar-refractivity contribution in [1.82, 2.24) is 5.32 Å². The van der Waals surface area contributed by atoms with Gasteiger partial charge in [0, 0.05) is 23.2 Å². The lowest BCUT2D eigenvalue weighted by Crippen LogP contribution is -2.20. The van der Waals surface area contributed by atoms with E-state index >= 15 is 0 Å². The predicted octanol–water partition coefficient (Wildman–Crippen LogP) is 3.77. The third-order valence-electron chi connectivity index (χ3n) is 2.61. The minimum atomic E-state index is -0.378. The number of hydrogen-bond acceptors (Lipinski definition) is 3. The molecule has 0 saturated heterocycles. The zero-order valence-electron chi connectivity index (χ0n) is 11.0. The average molecular weight is 271 g/mol. The molecule has 0 aliphatic heterocycles. The lowest BCUT2D eigenvalue weighted by atomic mass is 9.92. The van der Waals surface area contributed by atoms with Crippen LogP contribution in [0.25, 0.3) is 0 Å². The molecule has 100 valence electrons. The van der Waals surface area contributed by atoms with Gasteiger partial charge in [-0.25, -0.2) is 0 Å². The van der Waals surface area contributed by atoms with E-state index in [2.05, 4.69) is 26.1 Å². The number of nitrogens with zero attached hydrogens (tertiary/aromatic N) is 1. The minimum absolute atomic E-state index is 0.114. The largest absolute Gasteiger partial charge is 0.312 e. The van der Waals surface area contributed by atoms with E-state index in [0.717, 1.165) is 13.0 Å². The molecule has 18 heavy (non-hydrogen) atoms. The van der Waals surface area contributed by atoms with Crippen molar-refractivity contribution in [3.05, 3.63) is 38.9 Å². The fourth-order valence-electron chi connectivity index (χ4n) is 1.56. The van der Waals surface area contributed by atoms with Crippen molar-refractivity contribution in [2.45, 2.75) is 33.7 Å². The lowest BCUT2D eigenvalue weighted by molar-refractivity contribution is -0.385. The number of nitrogens with one attached hydrogen (secondary N) is 1. The molecule has 0 heterocycles. The van der Waals surface area contributed by atoms with E-state index in [1.165, 1.54) is 6.07 Å². The molecule has 1 aromatic rings. The molecule has 0 aromatic heterocycles. The second kappa shape index (κ2) is 6.16. The Kier molecular flexibility index (Phi) is 5.11. The van der Waals surface area contributed by atoms with Crippen LogP contribution in [0.3, 0.4) is 0 Å². The molecule has 0 spiro atoms. The smallest absolute Gasteiger partial charge is 0.273 e. The van der Waals surface area contributed by atoms with Gasteiger partial charge in [0.15, 0.2) is 0 Å². The monoisotopic (exact) mass is 270 g/mol. The topological polar surface area (TPSA) is 55.2 Å². The van der Waals surface area contributed by atoms with E-state index in [0.29, 0.717) is 17.1 Å². The highest BCUT2D eigenvalue weighted by atomic mass is 35.5. The Morgan fingerprint density at radius 3 is 2.61 bits per heavy atom. The molecule has 0 aliphatic carbocycles. The summed E-state index contributed by atoms with van der Waals surface area (Å²) in [5.74, 6) is 0. The Balaban J connectivity index is 2.61. The second-order valence-corrected chi connectivity index (χ2v) is 5.95. The van der Waals surface area contributed by atoms with Crippen LogP contribution in [0.5, 0.6) is 0 Å². The SMILES string of the molecule is CC(C)(C)CCNCc1cc(Cl)ccc1[N+](=O)[O-]. The first-order valence-corrected chi connectivity index (χ1v) is 6.31. The first-order valence-electron chi connectivity index (χ1n) is 5.93. The molecule has 0 unspecified atom stereocenters.